The van der Waals surface area contributed by atoms with Crippen molar-refractivity contribution in [2.75, 3.05) is 19.6 Å². The number of carbonyl (C=O) groups is 1. The first-order valence-electron chi connectivity index (χ1n) is 7.98. The van der Waals surface area contributed by atoms with Crippen LogP contribution in [0.25, 0.3) is 0 Å². The second-order valence-electron chi connectivity index (χ2n) is 7.46. The van der Waals surface area contributed by atoms with Crippen molar-refractivity contribution < 1.29 is 4.79 Å². The zero-order valence-electron chi connectivity index (χ0n) is 14.7. The standard InChI is InChI=1S/C16H33N3O.2ClH/c1-12-8-13(2)10-19(9-12)16(4,5)11-18-15(20)7-6-14(3)17;;/h12-14H,6-11,17H2,1-5H3,(H,18,20);2*1H. The van der Waals surface area contributed by atoms with Gasteiger partial charge in [-0.25, -0.2) is 0 Å². The maximum atomic E-state index is 11.8. The zero-order chi connectivity index (χ0) is 15.3. The van der Waals surface area contributed by atoms with E-state index >= 15 is 0 Å². The molecule has 1 heterocycles. The number of nitrogens with zero attached hydrogens (tertiary/aromatic N) is 1. The third-order valence-corrected chi connectivity index (χ3v) is 4.27. The molecule has 3 atom stereocenters. The van der Waals surface area contributed by atoms with Gasteiger partial charge in [0.2, 0.25) is 5.91 Å². The Morgan fingerprint density at radius 2 is 1.77 bits per heavy atom. The molecular weight excluding hydrogens is 321 g/mol. The highest BCUT2D eigenvalue weighted by Gasteiger charge is 2.32. The van der Waals surface area contributed by atoms with E-state index in [-0.39, 0.29) is 42.3 Å². The molecule has 0 saturated carbocycles. The minimum atomic E-state index is 0. The summed E-state index contributed by atoms with van der Waals surface area (Å²) in [6, 6.07) is 0.0950. The number of nitrogens with one attached hydrogen (secondary N) is 1. The normalized spacial score (nSPS) is 23.9. The van der Waals surface area contributed by atoms with Crippen LogP contribution in [-0.2, 0) is 4.79 Å². The molecule has 3 N–H and O–H groups in total. The molecule has 0 aliphatic carbocycles. The van der Waals surface area contributed by atoms with E-state index in [1.54, 1.807) is 0 Å². The SMILES string of the molecule is CC(N)CCC(=O)NCC(C)(C)N1CC(C)CC(C)C1.Cl.Cl. The molecule has 6 heteroatoms. The maximum Gasteiger partial charge on any atom is 0.220 e. The van der Waals surface area contributed by atoms with Crippen LogP contribution in [-0.4, -0.2) is 42.0 Å². The molecule has 0 bridgehead atoms. The van der Waals surface area contributed by atoms with Crippen LogP contribution >= 0.6 is 24.8 Å². The Morgan fingerprint density at radius 1 is 1.27 bits per heavy atom. The van der Waals surface area contributed by atoms with Gasteiger partial charge in [0.05, 0.1) is 0 Å². The van der Waals surface area contributed by atoms with Crippen molar-refractivity contribution in [3.05, 3.63) is 0 Å². The third kappa shape index (κ3) is 8.56. The molecule has 0 radical (unpaired) electrons. The molecule has 22 heavy (non-hydrogen) atoms. The van der Waals surface area contributed by atoms with Crippen molar-refractivity contribution in [3.8, 4) is 0 Å². The smallest absolute Gasteiger partial charge is 0.220 e. The number of hydrogen-bond acceptors (Lipinski definition) is 3. The van der Waals surface area contributed by atoms with Gasteiger partial charge in [-0.2, -0.15) is 0 Å². The Hall–Kier alpha value is -0.0300. The van der Waals surface area contributed by atoms with E-state index < -0.39 is 0 Å². The molecule has 0 aromatic rings. The Morgan fingerprint density at radius 3 is 2.23 bits per heavy atom. The zero-order valence-corrected chi connectivity index (χ0v) is 16.4. The summed E-state index contributed by atoms with van der Waals surface area (Å²) >= 11 is 0. The Bertz CT molecular complexity index is 315. The topological polar surface area (TPSA) is 58.4 Å². The average Bonchev–Trinajstić information content (AvgIpc) is 2.32. The molecule has 4 nitrogen and oxygen atoms in total. The molecule has 1 fully saturated rings. The summed E-state index contributed by atoms with van der Waals surface area (Å²) < 4.78 is 0. The van der Waals surface area contributed by atoms with Gasteiger partial charge in [0, 0.05) is 37.6 Å². The number of rotatable bonds is 6. The second kappa shape index (κ2) is 10.7. The van der Waals surface area contributed by atoms with Gasteiger partial charge in [0.25, 0.3) is 0 Å². The predicted molar refractivity (Wildman–Crippen MR) is 99.0 cm³/mol. The molecule has 0 aromatic heterocycles. The minimum Gasteiger partial charge on any atom is -0.354 e. The number of piperidine rings is 1. The highest BCUT2D eigenvalue weighted by Crippen LogP contribution is 2.26. The molecule has 1 aliphatic rings. The number of nitrogens with two attached hydrogens (primary N) is 1. The highest BCUT2D eigenvalue weighted by atomic mass is 35.5. The lowest BCUT2D eigenvalue weighted by Crippen LogP contribution is -2.56. The molecule has 0 spiro atoms. The van der Waals surface area contributed by atoms with Gasteiger partial charge in [-0.15, -0.1) is 24.8 Å². The van der Waals surface area contributed by atoms with Crippen molar-refractivity contribution in [2.45, 2.75) is 65.5 Å². The van der Waals surface area contributed by atoms with Crippen molar-refractivity contribution in [2.24, 2.45) is 17.6 Å². The summed E-state index contributed by atoms with van der Waals surface area (Å²) in [4.78, 5) is 14.3. The second-order valence-corrected chi connectivity index (χ2v) is 7.46. The lowest BCUT2D eigenvalue weighted by molar-refractivity contribution is -0.122. The number of amides is 1. The summed E-state index contributed by atoms with van der Waals surface area (Å²) in [7, 11) is 0. The van der Waals surface area contributed by atoms with Crippen LogP contribution in [0.2, 0.25) is 0 Å². The van der Waals surface area contributed by atoms with Crippen molar-refractivity contribution in [3.63, 3.8) is 0 Å². The Labute approximate surface area is 148 Å². The molecule has 1 amide bonds. The Balaban J connectivity index is 0. The molecule has 1 rings (SSSR count). The van der Waals surface area contributed by atoms with Crippen LogP contribution in [0.3, 0.4) is 0 Å². The monoisotopic (exact) mass is 355 g/mol. The molecule has 1 saturated heterocycles. The first-order valence-corrected chi connectivity index (χ1v) is 7.98. The van der Waals surface area contributed by atoms with Crippen LogP contribution in [0.5, 0.6) is 0 Å². The van der Waals surface area contributed by atoms with Crippen molar-refractivity contribution in [1.29, 1.82) is 0 Å². The number of likely N-dealkylation sites (tertiary alicyclic amines) is 1. The summed E-state index contributed by atoms with van der Waals surface area (Å²) in [5, 5.41) is 3.07. The first kappa shape index (κ1) is 24.2. The predicted octanol–water partition coefficient (Wildman–Crippen LogP) is 2.83. The van der Waals surface area contributed by atoms with E-state index in [4.69, 9.17) is 5.73 Å². The van der Waals surface area contributed by atoms with Gasteiger partial charge >= 0.3 is 0 Å². The molecule has 3 unspecified atom stereocenters. The first-order chi connectivity index (χ1) is 9.20. The third-order valence-electron chi connectivity index (χ3n) is 4.27. The van der Waals surface area contributed by atoms with E-state index in [2.05, 4.69) is 37.9 Å². The van der Waals surface area contributed by atoms with Gasteiger partial charge in [-0.3, -0.25) is 9.69 Å². The fourth-order valence-corrected chi connectivity index (χ4v) is 3.03. The molecular formula is C16H35Cl2N3O. The molecule has 134 valence electrons. The summed E-state index contributed by atoms with van der Waals surface area (Å²) in [6.45, 7) is 14.0. The fourth-order valence-electron chi connectivity index (χ4n) is 3.03. The fraction of sp³-hybridized carbons (Fsp3) is 0.938. The van der Waals surface area contributed by atoms with E-state index in [0.717, 1.165) is 31.3 Å². The van der Waals surface area contributed by atoms with E-state index in [0.29, 0.717) is 13.0 Å². The molecule has 1 aliphatic heterocycles. The van der Waals surface area contributed by atoms with Crippen LogP contribution in [0.1, 0.15) is 53.9 Å². The minimum absolute atomic E-state index is 0. The lowest BCUT2D eigenvalue weighted by atomic mass is 9.88. The Kier molecular flexibility index (Phi) is 11.8. The van der Waals surface area contributed by atoms with Crippen LogP contribution in [0.15, 0.2) is 0 Å². The quantitative estimate of drug-likeness (QED) is 0.769. The molecule has 0 aromatic carbocycles. The van der Waals surface area contributed by atoms with Crippen LogP contribution < -0.4 is 11.1 Å². The number of carbonyl (C=O) groups excluding carboxylic acids is 1. The summed E-state index contributed by atoms with van der Waals surface area (Å²) in [5.41, 5.74) is 5.70. The van der Waals surface area contributed by atoms with E-state index in [9.17, 15) is 4.79 Å². The van der Waals surface area contributed by atoms with Gasteiger partial charge in [-0.05, 0) is 45.4 Å². The van der Waals surface area contributed by atoms with E-state index in [1.165, 1.54) is 6.42 Å². The summed E-state index contributed by atoms with van der Waals surface area (Å²) in [6.07, 6.45) is 2.60. The summed E-state index contributed by atoms with van der Waals surface area (Å²) in [5.74, 6) is 1.60. The lowest BCUT2D eigenvalue weighted by Gasteiger charge is -2.45. The van der Waals surface area contributed by atoms with Crippen LogP contribution in [0.4, 0.5) is 0 Å². The average molecular weight is 356 g/mol. The number of hydrogen-bond donors (Lipinski definition) is 2. The van der Waals surface area contributed by atoms with Crippen molar-refractivity contribution >= 4 is 30.7 Å². The highest BCUT2D eigenvalue weighted by molar-refractivity contribution is 5.85. The van der Waals surface area contributed by atoms with Gasteiger partial charge in [-0.1, -0.05) is 13.8 Å². The van der Waals surface area contributed by atoms with Gasteiger partial charge in [0.15, 0.2) is 0 Å². The van der Waals surface area contributed by atoms with Gasteiger partial charge < -0.3 is 11.1 Å². The van der Waals surface area contributed by atoms with E-state index in [1.807, 2.05) is 6.92 Å². The van der Waals surface area contributed by atoms with Crippen LogP contribution in [0, 0.1) is 11.8 Å². The largest absolute Gasteiger partial charge is 0.354 e. The maximum absolute atomic E-state index is 11.8. The van der Waals surface area contributed by atoms with Gasteiger partial charge in [0.1, 0.15) is 0 Å². The van der Waals surface area contributed by atoms with Crippen molar-refractivity contribution in [1.82, 2.24) is 10.2 Å². The number of halogens is 2.